The molecule has 0 radical (unpaired) electrons. The Balaban J connectivity index is 1.95. The summed E-state index contributed by atoms with van der Waals surface area (Å²) in [6.45, 7) is 1.87. The largest absolute Gasteiger partial charge is 0.484 e. The third-order valence-electron chi connectivity index (χ3n) is 3.33. The van der Waals surface area contributed by atoms with Gasteiger partial charge in [-0.2, -0.15) is 5.10 Å². The van der Waals surface area contributed by atoms with E-state index in [0.29, 0.717) is 11.4 Å². The molecule has 1 amide bonds. The SMILES string of the molecule is C/C(=N/Nc1ccc(F)cc1)c1ccc(OCC(=O)N(C)C)cc1. The van der Waals surface area contributed by atoms with Crippen molar-refractivity contribution in [1.82, 2.24) is 4.90 Å². The Morgan fingerprint density at radius 2 is 1.75 bits per heavy atom. The summed E-state index contributed by atoms with van der Waals surface area (Å²) in [5.41, 5.74) is 5.27. The standard InChI is InChI=1S/C18H20FN3O2/c1-13(20-21-16-8-6-15(19)7-9-16)14-4-10-17(11-5-14)24-12-18(23)22(2)3/h4-11,21H,12H2,1-3H3/b20-13-. The molecule has 0 fully saturated rings. The molecule has 0 aromatic heterocycles. The van der Waals surface area contributed by atoms with E-state index in [4.69, 9.17) is 4.74 Å². The van der Waals surface area contributed by atoms with Crippen LogP contribution in [0, 0.1) is 5.82 Å². The molecule has 2 aromatic rings. The van der Waals surface area contributed by atoms with Crippen molar-refractivity contribution in [3.8, 4) is 5.75 Å². The third-order valence-corrected chi connectivity index (χ3v) is 3.33. The summed E-state index contributed by atoms with van der Waals surface area (Å²) >= 11 is 0. The topological polar surface area (TPSA) is 53.9 Å². The zero-order valence-corrected chi connectivity index (χ0v) is 13.9. The van der Waals surface area contributed by atoms with Gasteiger partial charge in [-0.1, -0.05) is 0 Å². The lowest BCUT2D eigenvalue weighted by atomic mass is 10.1. The number of carbonyl (C=O) groups excluding carboxylic acids is 1. The van der Waals surface area contributed by atoms with Crippen molar-refractivity contribution >= 4 is 17.3 Å². The van der Waals surface area contributed by atoms with Crippen LogP contribution in [-0.4, -0.2) is 37.2 Å². The van der Waals surface area contributed by atoms with E-state index in [1.54, 1.807) is 38.4 Å². The number of nitrogens with one attached hydrogen (secondary N) is 1. The van der Waals surface area contributed by atoms with Gasteiger partial charge in [-0.25, -0.2) is 4.39 Å². The van der Waals surface area contributed by atoms with Crippen LogP contribution in [0.5, 0.6) is 5.75 Å². The van der Waals surface area contributed by atoms with Crippen LogP contribution < -0.4 is 10.2 Å². The summed E-state index contributed by atoms with van der Waals surface area (Å²) in [6, 6.07) is 13.3. The molecule has 0 spiro atoms. The van der Waals surface area contributed by atoms with E-state index in [9.17, 15) is 9.18 Å². The zero-order valence-electron chi connectivity index (χ0n) is 13.9. The first-order valence-electron chi connectivity index (χ1n) is 7.45. The average Bonchev–Trinajstić information content (AvgIpc) is 2.59. The van der Waals surface area contributed by atoms with Crippen molar-refractivity contribution in [3.63, 3.8) is 0 Å². The van der Waals surface area contributed by atoms with Gasteiger partial charge in [0.05, 0.1) is 11.4 Å². The second-order valence-electron chi connectivity index (χ2n) is 5.42. The Hall–Kier alpha value is -2.89. The van der Waals surface area contributed by atoms with Crippen molar-refractivity contribution in [2.45, 2.75) is 6.92 Å². The Morgan fingerprint density at radius 3 is 2.33 bits per heavy atom. The van der Waals surface area contributed by atoms with Gasteiger partial charge < -0.3 is 9.64 Å². The van der Waals surface area contributed by atoms with Crippen molar-refractivity contribution in [3.05, 3.63) is 59.9 Å². The summed E-state index contributed by atoms with van der Waals surface area (Å²) in [6.07, 6.45) is 0. The quantitative estimate of drug-likeness (QED) is 0.654. The van der Waals surface area contributed by atoms with Gasteiger partial charge in [-0.15, -0.1) is 0 Å². The number of hydrogen-bond donors (Lipinski definition) is 1. The van der Waals surface area contributed by atoms with E-state index in [1.807, 2.05) is 19.1 Å². The fourth-order valence-electron chi connectivity index (χ4n) is 1.80. The molecule has 0 heterocycles. The zero-order chi connectivity index (χ0) is 17.5. The number of nitrogens with zero attached hydrogens (tertiary/aromatic N) is 2. The van der Waals surface area contributed by atoms with Gasteiger partial charge in [0.25, 0.3) is 5.91 Å². The molecule has 0 aliphatic rings. The van der Waals surface area contributed by atoms with Gasteiger partial charge in [0.2, 0.25) is 0 Å². The van der Waals surface area contributed by atoms with E-state index in [1.165, 1.54) is 17.0 Å². The molecular formula is C18H20FN3O2. The molecule has 0 saturated heterocycles. The lowest BCUT2D eigenvalue weighted by Gasteiger charge is -2.11. The van der Waals surface area contributed by atoms with Gasteiger partial charge in [-0.05, 0) is 61.0 Å². The van der Waals surface area contributed by atoms with E-state index in [0.717, 1.165) is 11.3 Å². The summed E-state index contributed by atoms with van der Waals surface area (Å²) in [7, 11) is 3.37. The fraction of sp³-hybridized carbons (Fsp3) is 0.222. The number of rotatable bonds is 6. The summed E-state index contributed by atoms with van der Waals surface area (Å²) in [5.74, 6) is 0.234. The molecule has 24 heavy (non-hydrogen) atoms. The van der Waals surface area contributed by atoms with Gasteiger partial charge in [0.1, 0.15) is 11.6 Å². The lowest BCUT2D eigenvalue weighted by molar-refractivity contribution is -0.130. The van der Waals surface area contributed by atoms with E-state index in [2.05, 4.69) is 10.5 Å². The maximum Gasteiger partial charge on any atom is 0.259 e. The number of hydrazone groups is 1. The van der Waals surface area contributed by atoms with E-state index >= 15 is 0 Å². The molecule has 2 aromatic carbocycles. The Morgan fingerprint density at radius 1 is 1.12 bits per heavy atom. The molecular weight excluding hydrogens is 309 g/mol. The molecule has 0 aliphatic carbocycles. The third kappa shape index (κ3) is 5.08. The molecule has 0 bridgehead atoms. The van der Waals surface area contributed by atoms with Crippen LogP contribution in [0.25, 0.3) is 0 Å². The van der Waals surface area contributed by atoms with E-state index < -0.39 is 0 Å². The molecule has 126 valence electrons. The smallest absolute Gasteiger partial charge is 0.259 e. The number of hydrogen-bond acceptors (Lipinski definition) is 4. The number of carbonyl (C=O) groups is 1. The van der Waals surface area contributed by atoms with Crippen LogP contribution in [-0.2, 0) is 4.79 Å². The molecule has 0 atom stereocenters. The minimum absolute atomic E-state index is 0.00550. The predicted octanol–water partition coefficient (Wildman–Crippen LogP) is 3.13. The maximum absolute atomic E-state index is 12.8. The van der Waals surface area contributed by atoms with Crippen LogP contribution >= 0.6 is 0 Å². The summed E-state index contributed by atoms with van der Waals surface area (Å²) < 4.78 is 18.3. The second kappa shape index (κ2) is 8.10. The Labute approximate surface area is 140 Å². The van der Waals surface area contributed by atoms with Gasteiger partial charge in [-0.3, -0.25) is 10.2 Å². The minimum Gasteiger partial charge on any atom is -0.484 e. The van der Waals surface area contributed by atoms with Crippen molar-refractivity contribution < 1.29 is 13.9 Å². The predicted molar refractivity (Wildman–Crippen MR) is 92.9 cm³/mol. The molecule has 0 aliphatic heterocycles. The molecule has 0 unspecified atom stereocenters. The molecule has 0 saturated carbocycles. The Bertz CT molecular complexity index is 710. The maximum atomic E-state index is 12.8. The monoisotopic (exact) mass is 329 g/mol. The van der Waals surface area contributed by atoms with Crippen LogP contribution in [0.3, 0.4) is 0 Å². The van der Waals surface area contributed by atoms with Crippen LogP contribution in [0.2, 0.25) is 0 Å². The highest BCUT2D eigenvalue weighted by Gasteiger charge is 2.05. The first-order valence-corrected chi connectivity index (χ1v) is 7.45. The molecule has 5 nitrogen and oxygen atoms in total. The van der Waals surface area contributed by atoms with Crippen molar-refractivity contribution in [2.24, 2.45) is 5.10 Å². The first kappa shape index (κ1) is 17.5. The normalized spacial score (nSPS) is 11.1. The summed E-state index contributed by atoms with van der Waals surface area (Å²) in [5, 5.41) is 4.26. The number of halogens is 1. The highest BCUT2D eigenvalue weighted by Crippen LogP contribution is 2.14. The van der Waals surface area contributed by atoms with Gasteiger partial charge in [0, 0.05) is 14.1 Å². The van der Waals surface area contributed by atoms with Gasteiger partial charge in [0.15, 0.2) is 6.61 Å². The Kier molecular flexibility index (Phi) is 5.89. The molecule has 6 heteroatoms. The number of ether oxygens (including phenoxy) is 1. The number of likely N-dealkylation sites (N-methyl/N-ethyl adjacent to an activating group) is 1. The number of anilines is 1. The number of benzene rings is 2. The van der Waals surface area contributed by atoms with E-state index in [-0.39, 0.29) is 18.3 Å². The fourth-order valence-corrected chi connectivity index (χ4v) is 1.80. The molecule has 1 N–H and O–H groups in total. The highest BCUT2D eigenvalue weighted by molar-refractivity contribution is 5.99. The lowest BCUT2D eigenvalue weighted by Crippen LogP contribution is -2.27. The van der Waals surface area contributed by atoms with Crippen LogP contribution in [0.1, 0.15) is 12.5 Å². The second-order valence-corrected chi connectivity index (χ2v) is 5.42. The highest BCUT2D eigenvalue weighted by atomic mass is 19.1. The van der Waals surface area contributed by atoms with Crippen LogP contribution in [0.15, 0.2) is 53.6 Å². The van der Waals surface area contributed by atoms with Gasteiger partial charge >= 0.3 is 0 Å². The minimum atomic E-state index is -0.287. The number of amides is 1. The van der Waals surface area contributed by atoms with Crippen LogP contribution in [0.4, 0.5) is 10.1 Å². The summed E-state index contributed by atoms with van der Waals surface area (Å²) in [4.78, 5) is 13.0. The average molecular weight is 329 g/mol. The molecule has 2 rings (SSSR count). The first-order chi connectivity index (χ1) is 11.5. The van der Waals surface area contributed by atoms with Crippen molar-refractivity contribution in [2.75, 3.05) is 26.1 Å². The van der Waals surface area contributed by atoms with Crippen molar-refractivity contribution in [1.29, 1.82) is 0 Å².